The Morgan fingerprint density at radius 2 is 0.774 bits per heavy atom. The van der Waals surface area contributed by atoms with Crippen molar-refractivity contribution in [1.82, 2.24) is 9.13 Å². The van der Waals surface area contributed by atoms with E-state index in [1.165, 1.54) is 82.8 Å². The predicted octanol–water partition coefficient (Wildman–Crippen LogP) is 14.1. The largest absolute Gasteiger partial charge is 0.309 e. The third-order valence-electron chi connectivity index (χ3n) is 10.6. The normalized spacial score (nSPS) is 12.1. The molecule has 0 aliphatic carbocycles. The van der Waals surface area contributed by atoms with E-state index >= 15 is 0 Å². The van der Waals surface area contributed by atoms with Crippen LogP contribution in [0.4, 0.5) is 0 Å². The van der Waals surface area contributed by atoms with Gasteiger partial charge in [-0.3, -0.25) is 0 Å². The molecule has 0 bridgehead atoms. The van der Waals surface area contributed by atoms with Gasteiger partial charge in [-0.05, 0) is 101 Å². The zero-order chi connectivity index (χ0) is 36.9. The molecule has 2 heteroatoms. The number of hydrogen-bond donors (Lipinski definition) is 0. The molecule has 2 aromatic heterocycles. The van der Waals surface area contributed by atoms with Crippen LogP contribution in [0, 0.1) is 6.92 Å². The zero-order valence-corrected chi connectivity index (χ0v) is 32.0. The van der Waals surface area contributed by atoms with Crippen LogP contribution < -0.4 is 0 Å². The predicted molar refractivity (Wildman–Crippen MR) is 229 cm³/mol. The first kappa shape index (κ1) is 34.2. The summed E-state index contributed by atoms with van der Waals surface area (Å²) in [6, 6.07) is 59.5. The average Bonchev–Trinajstić information content (AvgIpc) is 3.67. The molecule has 9 rings (SSSR count). The molecular formula is C51H48N2. The van der Waals surface area contributed by atoms with Crippen molar-refractivity contribution in [2.75, 3.05) is 0 Å². The summed E-state index contributed by atoms with van der Waals surface area (Å²) < 4.78 is 4.73. The standard InChI is InChI=1S/C28H25N.C23H23N/c1-28(2,3)22-16-13-20(14-17-22)21-15-18-27-25(19-21)24-11-7-8-12-26(24)29(27)23-9-5-4-6-10-23;1-16-9-12-18(13-10-16)24-21-8-6-5-7-19(21)20-15-17(23(2,3)4)11-14-22(20)24/h4-19H,1-3H3;5-15H,1-4H3. The molecule has 0 unspecified atom stereocenters. The summed E-state index contributed by atoms with van der Waals surface area (Å²) in [7, 11) is 0. The second kappa shape index (κ2) is 13.3. The third-order valence-corrected chi connectivity index (χ3v) is 10.6. The molecule has 0 N–H and O–H groups in total. The van der Waals surface area contributed by atoms with E-state index < -0.39 is 0 Å². The van der Waals surface area contributed by atoms with E-state index in [0.29, 0.717) is 0 Å². The number of aryl methyl sites for hydroxylation is 1. The lowest BCUT2D eigenvalue weighted by atomic mass is 9.86. The molecule has 2 heterocycles. The molecule has 7 aromatic carbocycles. The highest BCUT2D eigenvalue weighted by Crippen LogP contribution is 2.37. The summed E-state index contributed by atoms with van der Waals surface area (Å²) in [5, 5.41) is 5.24. The van der Waals surface area contributed by atoms with Gasteiger partial charge in [-0.1, -0.05) is 150 Å². The zero-order valence-electron chi connectivity index (χ0n) is 32.0. The van der Waals surface area contributed by atoms with Crippen LogP contribution in [0.3, 0.4) is 0 Å². The smallest absolute Gasteiger partial charge is 0.0541 e. The van der Waals surface area contributed by atoms with Crippen LogP contribution in [-0.2, 0) is 10.8 Å². The van der Waals surface area contributed by atoms with Crippen LogP contribution in [-0.4, -0.2) is 9.13 Å². The number of nitrogens with zero attached hydrogens (tertiary/aromatic N) is 2. The quantitative estimate of drug-likeness (QED) is 0.175. The van der Waals surface area contributed by atoms with E-state index in [2.05, 4.69) is 221 Å². The van der Waals surface area contributed by atoms with Crippen LogP contribution in [0.5, 0.6) is 0 Å². The van der Waals surface area contributed by atoms with E-state index in [9.17, 15) is 0 Å². The van der Waals surface area contributed by atoms with Gasteiger partial charge in [0.1, 0.15) is 0 Å². The van der Waals surface area contributed by atoms with Crippen molar-refractivity contribution in [1.29, 1.82) is 0 Å². The Kier molecular flexibility index (Phi) is 8.58. The van der Waals surface area contributed by atoms with Gasteiger partial charge in [0, 0.05) is 32.9 Å². The maximum absolute atomic E-state index is 2.37. The summed E-state index contributed by atoms with van der Waals surface area (Å²) >= 11 is 0. The Labute approximate surface area is 314 Å². The molecule has 0 saturated carbocycles. The summed E-state index contributed by atoms with van der Waals surface area (Å²) in [5.41, 5.74) is 14.3. The van der Waals surface area contributed by atoms with Gasteiger partial charge in [0.05, 0.1) is 22.1 Å². The Bertz CT molecular complexity index is 2710. The van der Waals surface area contributed by atoms with Gasteiger partial charge >= 0.3 is 0 Å². The lowest BCUT2D eigenvalue weighted by Crippen LogP contribution is -2.10. The summed E-state index contributed by atoms with van der Waals surface area (Å²) in [5.74, 6) is 0. The average molecular weight is 689 g/mol. The number of rotatable bonds is 3. The Morgan fingerprint density at radius 1 is 0.340 bits per heavy atom. The van der Waals surface area contributed by atoms with Crippen molar-refractivity contribution in [2.45, 2.75) is 59.3 Å². The van der Waals surface area contributed by atoms with Crippen LogP contribution >= 0.6 is 0 Å². The molecule has 0 amide bonds. The molecule has 9 aromatic rings. The van der Waals surface area contributed by atoms with Gasteiger partial charge in [-0.2, -0.15) is 0 Å². The van der Waals surface area contributed by atoms with E-state index in [1.807, 2.05) is 0 Å². The lowest BCUT2D eigenvalue weighted by molar-refractivity contribution is 0.590. The van der Waals surface area contributed by atoms with Gasteiger partial charge in [0.25, 0.3) is 0 Å². The topological polar surface area (TPSA) is 9.86 Å². The van der Waals surface area contributed by atoms with E-state index in [-0.39, 0.29) is 10.8 Å². The van der Waals surface area contributed by atoms with Crippen molar-refractivity contribution < 1.29 is 0 Å². The minimum Gasteiger partial charge on any atom is -0.309 e. The highest BCUT2D eigenvalue weighted by atomic mass is 15.0. The molecule has 0 aliphatic rings. The maximum atomic E-state index is 2.37. The third kappa shape index (κ3) is 6.44. The Hall–Kier alpha value is -5.86. The van der Waals surface area contributed by atoms with Gasteiger partial charge in [0.2, 0.25) is 0 Å². The first-order chi connectivity index (χ1) is 25.5. The van der Waals surface area contributed by atoms with Crippen molar-refractivity contribution >= 4 is 43.6 Å². The number of benzene rings is 7. The molecule has 262 valence electrons. The molecule has 0 fully saturated rings. The highest BCUT2D eigenvalue weighted by molar-refractivity contribution is 6.11. The van der Waals surface area contributed by atoms with Gasteiger partial charge in [-0.15, -0.1) is 0 Å². The number of para-hydroxylation sites is 3. The van der Waals surface area contributed by atoms with Crippen molar-refractivity contribution in [3.63, 3.8) is 0 Å². The number of fused-ring (bicyclic) bond motifs is 6. The van der Waals surface area contributed by atoms with Gasteiger partial charge in [0.15, 0.2) is 0 Å². The monoisotopic (exact) mass is 688 g/mol. The molecular weight excluding hydrogens is 641 g/mol. The molecule has 0 radical (unpaired) electrons. The fourth-order valence-electron chi connectivity index (χ4n) is 7.58. The van der Waals surface area contributed by atoms with E-state index in [1.54, 1.807) is 0 Å². The first-order valence-corrected chi connectivity index (χ1v) is 18.8. The minimum atomic E-state index is 0.154. The van der Waals surface area contributed by atoms with Crippen LogP contribution in [0.25, 0.3) is 66.1 Å². The molecule has 0 spiro atoms. The first-order valence-electron chi connectivity index (χ1n) is 18.8. The molecule has 0 saturated heterocycles. The molecule has 0 atom stereocenters. The molecule has 53 heavy (non-hydrogen) atoms. The van der Waals surface area contributed by atoms with Crippen LogP contribution in [0.1, 0.15) is 58.2 Å². The van der Waals surface area contributed by atoms with Crippen molar-refractivity contribution in [3.05, 3.63) is 180 Å². The second-order valence-electron chi connectivity index (χ2n) is 16.4. The SMILES string of the molecule is CC(C)(C)c1ccc(-c2ccc3c(c2)c2ccccc2n3-c2ccccc2)cc1.Cc1ccc(-n2c3ccccc3c3cc(C(C)(C)C)ccc32)cc1. The number of aromatic nitrogens is 2. The maximum Gasteiger partial charge on any atom is 0.0541 e. The van der Waals surface area contributed by atoms with Crippen LogP contribution in [0.15, 0.2) is 164 Å². The minimum absolute atomic E-state index is 0.154. The summed E-state index contributed by atoms with van der Waals surface area (Å²) in [4.78, 5) is 0. The highest BCUT2D eigenvalue weighted by Gasteiger charge is 2.18. The van der Waals surface area contributed by atoms with Gasteiger partial charge < -0.3 is 9.13 Å². The van der Waals surface area contributed by atoms with Gasteiger partial charge in [-0.25, -0.2) is 0 Å². The van der Waals surface area contributed by atoms with E-state index in [0.717, 1.165) is 0 Å². The summed E-state index contributed by atoms with van der Waals surface area (Å²) in [6.07, 6.45) is 0. The van der Waals surface area contributed by atoms with Crippen LogP contribution in [0.2, 0.25) is 0 Å². The van der Waals surface area contributed by atoms with Crippen molar-refractivity contribution in [3.8, 4) is 22.5 Å². The number of hydrogen-bond acceptors (Lipinski definition) is 0. The van der Waals surface area contributed by atoms with Crippen molar-refractivity contribution in [2.24, 2.45) is 0 Å². The lowest BCUT2D eigenvalue weighted by Gasteiger charge is -2.19. The second-order valence-corrected chi connectivity index (χ2v) is 16.4. The summed E-state index contributed by atoms with van der Waals surface area (Å²) in [6.45, 7) is 15.7. The molecule has 2 nitrogen and oxygen atoms in total. The molecule has 0 aliphatic heterocycles. The van der Waals surface area contributed by atoms with E-state index in [4.69, 9.17) is 0 Å². The fourth-order valence-corrected chi connectivity index (χ4v) is 7.58. The Morgan fingerprint density at radius 3 is 1.34 bits per heavy atom. The Balaban J connectivity index is 0.000000154. The fraction of sp³-hybridized carbons (Fsp3) is 0.176.